The lowest BCUT2D eigenvalue weighted by molar-refractivity contribution is -0.136. The molecule has 6 heteroatoms. The van der Waals surface area contributed by atoms with Crippen LogP contribution in [0.4, 0.5) is 0 Å². The standard InChI is InChI=1S/C10H8BrN3O2/c1-16-10(15)9(13-14-12)6-7-3-2-4-8(11)5-7/h2-6H,1H3/b9-6-. The van der Waals surface area contributed by atoms with Gasteiger partial charge in [-0.15, -0.1) is 0 Å². The number of esters is 1. The van der Waals surface area contributed by atoms with E-state index in [1.165, 1.54) is 13.2 Å². The van der Waals surface area contributed by atoms with E-state index >= 15 is 0 Å². The van der Waals surface area contributed by atoms with Gasteiger partial charge in [-0.2, -0.15) is 0 Å². The van der Waals surface area contributed by atoms with Crippen molar-refractivity contribution in [1.29, 1.82) is 0 Å². The number of ether oxygens (including phenoxy) is 1. The fourth-order valence-corrected chi connectivity index (χ4v) is 1.45. The third-order valence-electron chi connectivity index (χ3n) is 1.70. The van der Waals surface area contributed by atoms with E-state index < -0.39 is 5.97 Å². The van der Waals surface area contributed by atoms with E-state index in [0.717, 1.165) is 10.0 Å². The lowest BCUT2D eigenvalue weighted by Gasteiger charge is -1.99. The number of nitrogens with zero attached hydrogens (tertiary/aromatic N) is 3. The molecular formula is C10H8BrN3O2. The summed E-state index contributed by atoms with van der Waals surface area (Å²) in [7, 11) is 1.23. The number of hydrogen-bond acceptors (Lipinski definition) is 3. The van der Waals surface area contributed by atoms with Crippen LogP contribution >= 0.6 is 15.9 Å². The number of benzene rings is 1. The Hall–Kier alpha value is -1.78. The first kappa shape index (κ1) is 12.3. The molecule has 0 amide bonds. The summed E-state index contributed by atoms with van der Waals surface area (Å²) in [6, 6.07) is 7.22. The first-order valence-corrected chi connectivity index (χ1v) is 5.07. The van der Waals surface area contributed by atoms with Crippen molar-refractivity contribution in [2.45, 2.75) is 0 Å². The van der Waals surface area contributed by atoms with Crippen molar-refractivity contribution < 1.29 is 9.53 Å². The van der Waals surface area contributed by atoms with Crippen molar-refractivity contribution in [2.24, 2.45) is 5.11 Å². The molecule has 0 aliphatic carbocycles. The van der Waals surface area contributed by atoms with Crippen LogP contribution in [0.15, 0.2) is 39.5 Å². The normalized spacial score (nSPS) is 10.5. The minimum atomic E-state index is -0.669. The minimum Gasteiger partial charge on any atom is -0.466 e. The van der Waals surface area contributed by atoms with Crippen LogP contribution in [0.3, 0.4) is 0 Å². The van der Waals surface area contributed by atoms with Gasteiger partial charge in [0.05, 0.1) is 7.11 Å². The van der Waals surface area contributed by atoms with Gasteiger partial charge >= 0.3 is 5.97 Å². The van der Waals surface area contributed by atoms with Gasteiger partial charge in [-0.05, 0) is 29.3 Å². The maximum absolute atomic E-state index is 11.2. The van der Waals surface area contributed by atoms with Crippen molar-refractivity contribution in [3.63, 3.8) is 0 Å². The monoisotopic (exact) mass is 281 g/mol. The van der Waals surface area contributed by atoms with Gasteiger partial charge in [-0.3, -0.25) is 0 Å². The molecule has 1 aromatic carbocycles. The summed E-state index contributed by atoms with van der Waals surface area (Å²) in [5, 5.41) is 3.27. The summed E-state index contributed by atoms with van der Waals surface area (Å²) in [6.07, 6.45) is 1.45. The van der Waals surface area contributed by atoms with Gasteiger partial charge in [-0.1, -0.05) is 33.2 Å². The number of methoxy groups -OCH3 is 1. The third-order valence-corrected chi connectivity index (χ3v) is 2.19. The van der Waals surface area contributed by atoms with Gasteiger partial charge in [0, 0.05) is 9.38 Å². The topological polar surface area (TPSA) is 75.1 Å². The molecule has 0 radical (unpaired) electrons. The van der Waals surface area contributed by atoms with Gasteiger partial charge in [0.1, 0.15) is 5.70 Å². The van der Waals surface area contributed by atoms with E-state index in [9.17, 15) is 4.79 Å². The van der Waals surface area contributed by atoms with Crippen LogP contribution in [-0.4, -0.2) is 13.1 Å². The molecule has 1 aromatic rings. The van der Waals surface area contributed by atoms with E-state index in [2.05, 4.69) is 30.7 Å². The Bertz CT molecular complexity index is 479. The molecule has 0 unspecified atom stereocenters. The van der Waals surface area contributed by atoms with Gasteiger partial charge in [-0.25, -0.2) is 4.79 Å². The molecular weight excluding hydrogens is 274 g/mol. The highest BCUT2D eigenvalue weighted by Crippen LogP contribution is 2.15. The van der Waals surface area contributed by atoms with Gasteiger partial charge in [0.2, 0.25) is 0 Å². The quantitative estimate of drug-likeness (QED) is 0.280. The molecule has 1 rings (SSSR count). The summed E-state index contributed by atoms with van der Waals surface area (Å²) >= 11 is 3.30. The summed E-state index contributed by atoms with van der Waals surface area (Å²) in [4.78, 5) is 13.8. The molecule has 82 valence electrons. The molecule has 0 heterocycles. The maximum atomic E-state index is 11.2. The molecule has 0 saturated carbocycles. The van der Waals surface area contributed by atoms with Crippen LogP contribution in [0.5, 0.6) is 0 Å². The molecule has 0 aliphatic rings. The second-order valence-electron chi connectivity index (χ2n) is 2.77. The highest BCUT2D eigenvalue weighted by Gasteiger charge is 2.06. The van der Waals surface area contributed by atoms with Crippen molar-refractivity contribution in [1.82, 2.24) is 0 Å². The SMILES string of the molecule is COC(=O)/C(=C/c1cccc(Br)c1)N=[N+]=[N-]. The zero-order chi connectivity index (χ0) is 12.0. The smallest absolute Gasteiger partial charge is 0.340 e. The van der Waals surface area contributed by atoms with Crippen molar-refractivity contribution >= 4 is 28.0 Å². The molecule has 0 bridgehead atoms. The van der Waals surface area contributed by atoms with Crippen LogP contribution in [0, 0.1) is 0 Å². The second-order valence-corrected chi connectivity index (χ2v) is 3.68. The predicted octanol–water partition coefficient (Wildman–Crippen LogP) is 3.27. The maximum Gasteiger partial charge on any atom is 0.340 e. The molecule has 0 atom stereocenters. The first-order chi connectivity index (χ1) is 7.67. The average molecular weight is 282 g/mol. The molecule has 0 aromatic heterocycles. The van der Waals surface area contributed by atoms with Crippen LogP contribution in [0.2, 0.25) is 0 Å². The van der Waals surface area contributed by atoms with Crippen LogP contribution < -0.4 is 0 Å². The van der Waals surface area contributed by atoms with Crippen molar-refractivity contribution in [3.8, 4) is 0 Å². The Morgan fingerprint density at radius 1 is 1.62 bits per heavy atom. The summed E-state index contributed by atoms with van der Waals surface area (Å²) in [5.41, 5.74) is 8.97. The summed E-state index contributed by atoms with van der Waals surface area (Å²) < 4.78 is 5.35. The number of carbonyl (C=O) groups excluding carboxylic acids is 1. The van der Waals surface area contributed by atoms with E-state index in [1.807, 2.05) is 6.07 Å². The fraction of sp³-hybridized carbons (Fsp3) is 0.100. The highest BCUT2D eigenvalue weighted by atomic mass is 79.9. The van der Waals surface area contributed by atoms with Crippen molar-refractivity contribution in [3.05, 3.63) is 50.4 Å². The number of carbonyl (C=O) groups is 1. The number of rotatable bonds is 3. The molecule has 0 aliphatic heterocycles. The van der Waals surface area contributed by atoms with E-state index in [0.29, 0.717) is 0 Å². The molecule has 0 N–H and O–H groups in total. The summed E-state index contributed by atoms with van der Waals surface area (Å²) in [5.74, 6) is -0.669. The zero-order valence-electron chi connectivity index (χ0n) is 8.42. The number of azide groups is 1. The Balaban J connectivity index is 3.11. The summed E-state index contributed by atoms with van der Waals surface area (Å²) in [6.45, 7) is 0. The van der Waals surface area contributed by atoms with Crippen LogP contribution in [-0.2, 0) is 9.53 Å². The number of halogens is 1. The molecule has 0 spiro atoms. The third kappa shape index (κ3) is 3.42. The van der Waals surface area contributed by atoms with Gasteiger partial charge in [0.15, 0.2) is 0 Å². The van der Waals surface area contributed by atoms with Gasteiger partial charge in [0.25, 0.3) is 0 Å². The van der Waals surface area contributed by atoms with Crippen LogP contribution in [0.25, 0.3) is 16.5 Å². The Morgan fingerprint density at radius 3 is 2.94 bits per heavy atom. The van der Waals surface area contributed by atoms with E-state index in [1.54, 1.807) is 18.2 Å². The molecule has 5 nitrogen and oxygen atoms in total. The van der Waals surface area contributed by atoms with E-state index in [4.69, 9.17) is 5.53 Å². The molecule has 0 fully saturated rings. The Kier molecular flexibility index (Phi) is 4.57. The minimum absolute atomic E-state index is 0.0805. The highest BCUT2D eigenvalue weighted by molar-refractivity contribution is 9.10. The van der Waals surface area contributed by atoms with Crippen molar-refractivity contribution in [2.75, 3.05) is 7.11 Å². The molecule has 16 heavy (non-hydrogen) atoms. The first-order valence-electron chi connectivity index (χ1n) is 4.28. The molecule has 0 saturated heterocycles. The largest absolute Gasteiger partial charge is 0.466 e. The second kappa shape index (κ2) is 5.95. The Morgan fingerprint density at radius 2 is 2.38 bits per heavy atom. The lowest BCUT2D eigenvalue weighted by atomic mass is 10.2. The zero-order valence-corrected chi connectivity index (χ0v) is 10.0. The lowest BCUT2D eigenvalue weighted by Crippen LogP contribution is -2.01. The van der Waals surface area contributed by atoms with Crippen LogP contribution in [0.1, 0.15) is 5.56 Å². The predicted molar refractivity (Wildman–Crippen MR) is 63.3 cm³/mol. The van der Waals surface area contributed by atoms with Gasteiger partial charge < -0.3 is 4.74 Å². The average Bonchev–Trinajstić information content (AvgIpc) is 2.27. The van der Waals surface area contributed by atoms with E-state index in [-0.39, 0.29) is 5.70 Å². The Labute approximate surface area is 100 Å². The fourth-order valence-electron chi connectivity index (χ4n) is 1.04. The number of hydrogen-bond donors (Lipinski definition) is 0.